The van der Waals surface area contributed by atoms with Crippen LogP contribution >= 0.6 is 25.3 Å². The molecule has 0 fully saturated rings. The lowest BCUT2D eigenvalue weighted by Gasteiger charge is -2.13. The number of nitrogens with two attached hydrogens (primary N) is 1. The van der Waals surface area contributed by atoms with E-state index >= 15 is 0 Å². The summed E-state index contributed by atoms with van der Waals surface area (Å²) in [4.78, 5) is 10.7. The Morgan fingerprint density at radius 3 is 2.45 bits per heavy atom. The smallest absolute Gasteiger partial charge is 0.221 e. The number of hydrogen-bond acceptors (Lipinski definition) is 3. The van der Waals surface area contributed by atoms with Gasteiger partial charge in [0.15, 0.2) is 0 Å². The lowest BCUT2D eigenvalue weighted by molar-refractivity contribution is -0.121. The van der Waals surface area contributed by atoms with Crippen molar-refractivity contribution in [3.05, 3.63) is 0 Å². The van der Waals surface area contributed by atoms with E-state index in [1.165, 1.54) is 0 Å². The molecule has 0 aromatic rings. The second-order valence-corrected chi connectivity index (χ2v) is 3.68. The minimum absolute atomic E-state index is 0.124. The Bertz CT molecular complexity index is 130. The molecule has 0 saturated heterocycles. The predicted molar refractivity (Wildman–Crippen MR) is 54.2 cm³/mol. The van der Waals surface area contributed by atoms with Crippen LogP contribution in [-0.4, -0.2) is 16.9 Å². The molecule has 4 heteroatoms. The van der Waals surface area contributed by atoms with Crippen molar-refractivity contribution in [3.63, 3.8) is 0 Å². The van der Waals surface area contributed by atoms with Gasteiger partial charge in [0.1, 0.15) is 0 Å². The molecule has 11 heavy (non-hydrogen) atoms. The van der Waals surface area contributed by atoms with Gasteiger partial charge in [-0.3, -0.25) is 4.79 Å². The molecule has 2 N–H and O–H groups in total. The molecule has 0 aliphatic rings. The number of thiol groups is 2. The number of primary amides is 1. The van der Waals surface area contributed by atoms with Gasteiger partial charge in [-0.2, -0.15) is 25.3 Å². The Balaban J connectivity index is 3.77. The molecule has 0 rings (SSSR count). The van der Waals surface area contributed by atoms with Crippen molar-refractivity contribution >= 4 is 31.2 Å². The Hall–Kier alpha value is 0.170. The summed E-state index contributed by atoms with van der Waals surface area (Å²) in [6, 6.07) is 0. The van der Waals surface area contributed by atoms with Gasteiger partial charge in [0.25, 0.3) is 0 Å². The van der Waals surface area contributed by atoms with Crippen LogP contribution in [0.5, 0.6) is 0 Å². The zero-order valence-electron chi connectivity index (χ0n) is 6.66. The van der Waals surface area contributed by atoms with Gasteiger partial charge in [-0.1, -0.05) is 6.92 Å². The predicted octanol–water partition coefficient (Wildman–Crippen LogP) is 1.12. The van der Waals surface area contributed by atoms with Gasteiger partial charge in [0, 0.05) is 16.9 Å². The summed E-state index contributed by atoms with van der Waals surface area (Å²) >= 11 is 8.31. The van der Waals surface area contributed by atoms with Gasteiger partial charge >= 0.3 is 0 Å². The van der Waals surface area contributed by atoms with E-state index in [-0.39, 0.29) is 17.1 Å². The third-order valence-corrected chi connectivity index (χ3v) is 2.67. The molecule has 2 unspecified atom stereocenters. The normalized spacial score (nSPS) is 15.9. The molecule has 2 nitrogen and oxygen atoms in total. The molecule has 0 aromatic carbocycles. The Labute approximate surface area is 78.7 Å². The summed E-state index contributed by atoms with van der Waals surface area (Å²) in [5.41, 5.74) is 5.13. The summed E-state index contributed by atoms with van der Waals surface area (Å²) < 4.78 is 0. The maximum Gasteiger partial charge on any atom is 0.221 e. The zero-order chi connectivity index (χ0) is 8.85. The average Bonchev–Trinajstić information content (AvgIpc) is 1.99. The third-order valence-electron chi connectivity index (χ3n) is 1.65. The van der Waals surface area contributed by atoms with Crippen LogP contribution in [0.1, 0.15) is 19.8 Å². The lowest BCUT2D eigenvalue weighted by atomic mass is 10.0. The molecule has 0 aliphatic heterocycles. The van der Waals surface area contributed by atoms with E-state index in [0.29, 0.717) is 5.75 Å². The van der Waals surface area contributed by atoms with Crippen molar-refractivity contribution in [3.8, 4) is 0 Å². The van der Waals surface area contributed by atoms with Crippen LogP contribution in [0.15, 0.2) is 0 Å². The van der Waals surface area contributed by atoms with Crippen molar-refractivity contribution < 1.29 is 4.79 Å². The van der Waals surface area contributed by atoms with Crippen molar-refractivity contribution in [2.45, 2.75) is 25.0 Å². The number of carbonyl (C=O) groups is 1. The fourth-order valence-corrected chi connectivity index (χ4v) is 1.36. The molecule has 0 radical (unpaired) electrons. The first-order chi connectivity index (χ1) is 5.11. The summed E-state index contributed by atoms with van der Waals surface area (Å²) in [7, 11) is 0. The summed E-state index contributed by atoms with van der Waals surface area (Å²) in [6.45, 7) is 2.04. The highest BCUT2D eigenvalue weighted by atomic mass is 32.1. The van der Waals surface area contributed by atoms with Gasteiger partial charge < -0.3 is 5.73 Å². The number of hydrogen-bond donors (Lipinski definition) is 3. The van der Waals surface area contributed by atoms with Crippen molar-refractivity contribution in [2.75, 3.05) is 5.75 Å². The Morgan fingerprint density at radius 2 is 2.18 bits per heavy atom. The van der Waals surface area contributed by atoms with Gasteiger partial charge in [-0.05, 0) is 12.8 Å². The molecule has 0 aromatic heterocycles. The van der Waals surface area contributed by atoms with E-state index in [9.17, 15) is 4.79 Å². The molecular formula is C7H15NOS2. The molecule has 66 valence electrons. The topological polar surface area (TPSA) is 43.1 Å². The van der Waals surface area contributed by atoms with E-state index in [1.54, 1.807) is 0 Å². The molecule has 0 aliphatic carbocycles. The van der Waals surface area contributed by atoms with Crippen LogP contribution in [0.25, 0.3) is 0 Å². The van der Waals surface area contributed by atoms with Gasteiger partial charge in [-0.25, -0.2) is 0 Å². The zero-order valence-corrected chi connectivity index (χ0v) is 8.44. The van der Waals surface area contributed by atoms with Crippen molar-refractivity contribution in [1.82, 2.24) is 0 Å². The fourth-order valence-electron chi connectivity index (χ4n) is 0.776. The molecule has 0 bridgehead atoms. The second-order valence-electron chi connectivity index (χ2n) is 2.58. The monoisotopic (exact) mass is 193 g/mol. The molecule has 2 atom stereocenters. The Kier molecular flexibility index (Phi) is 5.86. The van der Waals surface area contributed by atoms with E-state index < -0.39 is 0 Å². The van der Waals surface area contributed by atoms with Crippen LogP contribution in [0, 0.1) is 5.92 Å². The summed E-state index contributed by atoms with van der Waals surface area (Å²) in [6.07, 6.45) is 1.69. The second kappa shape index (κ2) is 5.77. The summed E-state index contributed by atoms with van der Waals surface area (Å²) in [5, 5.41) is 0.264. The standard InChI is InChI=1S/C7H15NOS2/c1-2-6(11)3-5(4-10)7(8)9/h5-6,10-11H,2-4H2,1H3,(H2,8,9). The lowest BCUT2D eigenvalue weighted by Crippen LogP contribution is -2.26. The van der Waals surface area contributed by atoms with E-state index in [4.69, 9.17) is 5.73 Å². The van der Waals surface area contributed by atoms with E-state index in [0.717, 1.165) is 12.8 Å². The third kappa shape index (κ3) is 4.58. The minimum Gasteiger partial charge on any atom is -0.369 e. The van der Waals surface area contributed by atoms with Crippen LogP contribution in [0.2, 0.25) is 0 Å². The maximum absolute atomic E-state index is 10.7. The first-order valence-corrected chi connectivity index (χ1v) is 4.84. The van der Waals surface area contributed by atoms with Crippen LogP contribution in [-0.2, 0) is 4.79 Å². The van der Waals surface area contributed by atoms with Gasteiger partial charge in [-0.15, -0.1) is 0 Å². The molecular weight excluding hydrogens is 178 g/mol. The first kappa shape index (κ1) is 11.2. The van der Waals surface area contributed by atoms with Crippen LogP contribution in [0.3, 0.4) is 0 Å². The molecule has 0 saturated carbocycles. The van der Waals surface area contributed by atoms with Gasteiger partial charge in [0.05, 0.1) is 0 Å². The highest BCUT2D eigenvalue weighted by Crippen LogP contribution is 2.14. The van der Waals surface area contributed by atoms with Crippen molar-refractivity contribution in [2.24, 2.45) is 11.7 Å². The summed E-state index contributed by atoms with van der Waals surface area (Å²) in [5.74, 6) is 0.125. The van der Waals surface area contributed by atoms with Crippen LogP contribution < -0.4 is 5.73 Å². The number of rotatable bonds is 5. The molecule has 1 amide bonds. The largest absolute Gasteiger partial charge is 0.369 e. The average molecular weight is 193 g/mol. The van der Waals surface area contributed by atoms with E-state index in [1.807, 2.05) is 6.92 Å². The fraction of sp³-hybridized carbons (Fsp3) is 0.857. The highest BCUT2D eigenvalue weighted by molar-refractivity contribution is 7.81. The Morgan fingerprint density at radius 1 is 1.64 bits per heavy atom. The SMILES string of the molecule is CCC(S)CC(CS)C(N)=O. The highest BCUT2D eigenvalue weighted by Gasteiger charge is 2.16. The van der Waals surface area contributed by atoms with E-state index in [2.05, 4.69) is 25.3 Å². The molecule has 0 heterocycles. The maximum atomic E-state index is 10.7. The quantitative estimate of drug-likeness (QED) is 0.563. The molecule has 0 spiro atoms. The number of carbonyl (C=O) groups excluding carboxylic acids is 1. The number of amides is 1. The van der Waals surface area contributed by atoms with Crippen LogP contribution in [0.4, 0.5) is 0 Å². The van der Waals surface area contributed by atoms with Gasteiger partial charge in [0.2, 0.25) is 5.91 Å². The van der Waals surface area contributed by atoms with Crippen molar-refractivity contribution in [1.29, 1.82) is 0 Å². The minimum atomic E-state index is -0.271. The first-order valence-electron chi connectivity index (χ1n) is 3.70.